The quantitative estimate of drug-likeness (QED) is 0.726. The second-order valence-corrected chi connectivity index (χ2v) is 2.52. The van der Waals surface area contributed by atoms with E-state index in [1.54, 1.807) is 0 Å². The number of H-pyrrole nitrogens is 1. The van der Waals surface area contributed by atoms with Crippen LogP contribution in [0.25, 0.3) is 0 Å². The predicted octanol–water partition coefficient (Wildman–Crippen LogP) is 1.25. The summed E-state index contributed by atoms with van der Waals surface area (Å²) in [5.41, 5.74) is 13.0. The summed E-state index contributed by atoms with van der Waals surface area (Å²) in [6.07, 6.45) is 2.01. The van der Waals surface area contributed by atoms with Crippen LogP contribution in [-0.4, -0.2) is 10.2 Å². The van der Waals surface area contributed by atoms with Gasteiger partial charge in [-0.1, -0.05) is 13.3 Å². The maximum absolute atomic E-state index is 5.58. The van der Waals surface area contributed by atoms with E-state index in [1.807, 2.05) is 0 Å². The van der Waals surface area contributed by atoms with Crippen molar-refractivity contribution in [1.29, 1.82) is 0 Å². The van der Waals surface area contributed by atoms with E-state index in [0.717, 1.165) is 24.1 Å². The normalized spacial score (nSPS) is 8.77. The van der Waals surface area contributed by atoms with Gasteiger partial charge in [0.25, 0.3) is 0 Å². The van der Waals surface area contributed by atoms with E-state index < -0.39 is 0 Å². The molecule has 1 heterocycles. The van der Waals surface area contributed by atoms with Crippen molar-refractivity contribution in [2.24, 2.45) is 5.73 Å². The second kappa shape index (κ2) is 7.00. The third-order valence-electron chi connectivity index (χ3n) is 1.68. The number of anilines is 1. The molecule has 0 spiro atoms. The molecule has 0 amide bonds. The van der Waals surface area contributed by atoms with E-state index in [-0.39, 0.29) is 24.8 Å². The van der Waals surface area contributed by atoms with Gasteiger partial charge in [0.1, 0.15) is 5.82 Å². The lowest BCUT2D eigenvalue weighted by atomic mass is 10.1. The summed E-state index contributed by atoms with van der Waals surface area (Å²) in [7, 11) is 0. The van der Waals surface area contributed by atoms with Crippen molar-refractivity contribution in [3.63, 3.8) is 0 Å². The number of halogens is 2. The topological polar surface area (TPSA) is 80.7 Å². The third-order valence-corrected chi connectivity index (χ3v) is 1.68. The van der Waals surface area contributed by atoms with Gasteiger partial charge < -0.3 is 11.5 Å². The molecule has 0 aliphatic heterocycles. The van der Waals surface area contributed by atoms with Gasteiger partial charge in [-0.2, -0.15) is 5.10 Å². The largest absolute Gasteiger partial charge is 0.384 e. The van der Waals surface area contributed by atoms with Crippen LogP contribution < -0.4 is 11.5 Å². The van der Waals surface area contributed by atoms with Gasteiger partial charge in [0.05, 0.1) is 5.69 Å². The van der Waals surface area contributed by atoms with Crippen LogP contribution in [0.3, 0.4) is 0 Å². The number of hydrogen-bond acceptors (Lipinski definition) is 3. The highest BCUT2D eigenvalue weighted by Gasteiger charge is 2.06. The Morgan fingerprint density at radius 1 is 1.38 bits per heavy atom. The Morgan fingerprint density at radius 2 is 2.00 bits per heavy atom. The fraction of sp³-hybridized carbons (Fsp3) is 0.571. The molecular weight excluding hydrogens is 211 g/mol. The van der Waals surface area contributed by atoms with Crippen LogP contribution in [0.5, 0.6) is 0 Å². The highest BCUT2D eigenvalue weighted by Crippen LogP contribution is 2.13. The van der Waals surface area contributed by atoms with Gasteiger partial charge in [-0.05, 0) is 6.42 Å². The minimum Gasteiger partial charge on any atom is -0.384 e. The molecule has 4 nitrogen and oxygen atoms in total. The van der Waals surface area contributed by atoms with Gasteiger partial charge in [0.15, 0.2) is 0 Å². The van der Waals surface area contributed by atoms with Crippen LogP contribution in [0.1, 0.15) is 24.6 Å². The van der Waals surface area contributed by atoms with E-state index in [4.69, 9.17) is 11.5 Å². The van der Waals surface area contributed by atoms with Crippen molar-refractivity contribution in [1.82, 2.24) is 10.2 Å². The van der Waals surface area contributed by atoms with Crippen molar-refractivity contribution in [3.8, 4) is 0 Å². The summed E-state index contributed by atoms with van der Waals surface area (Å²) >= 11 is 0. The number of nitrogens with two attached hydrogens (primary N) is 2. The number of rotatable bonds is 3. The summed E-state index contributed by atoms with van der Waals surface area (Å²) < 4.78 is 0. The molecular formula is C7H16Cl2N4. The van der Waals surface area contributed by atoms with Crippen LogP contribution in [0.2, 0.25) is 0 Å². The van der Waals surface area contributed by atoms with Crippen LogP contribution >= 0.6 is 24.8 Å². The van der Waals surface area contributed by atoms with Crippen LogP contribution in [0, 0.1) is 0 Å². The first-order valence-corrected chi connectivity index (χ1v) is 3.81. The molecule has 0 atom stereocenters. The van der Waals surface area contributed by atoms with E-state index in [1.165, 1.54) is 0 Å². The maximum atomic E-state index is 5.58. The monoisotopic (exact) mass is 226 g/mol. The molecule has 1 rings (SSSR count). The number of hydrogen-bond donors (Lipinski definition) is 3. The summed E-state index contributed by atoms with van der Waals surface area (Å²) in [6, 6.07) is 0. The van der Waals surface area contributed by atoms with E-state index in [9.17, 15) is 0 Å². The minimum absolute atomic E-state index is 0. The molecule has 0 bridgehead atoms. The van der Waals surface area contributed by atoms with Crippen molar-refractivity contribution < 1.29 is 0 Å². The van der Waals surface area contributed by atoms with Crippen molar-refractivity contribution in [3.05, 3.63) is 11.3 Å². The van der Waals surface area contributed by atoms with Gasteiger partial charge in [0, 0.05) is 12.1 Å². The molecule has 1 aromatic rings. The lowest BCUT2D eigenvalue weighted by Crippen LogP contribution is -2.02. The highest BCUT2D eigenvalue weighted by molar-refractivity contribution is 5.85. The predicted molar refractivity (Wildman–Crippen MR) is 59.4 cm³/mol. The average Bonchev–Trinajstić information content (AvgIpc) is 2.33. The number of aryl methyl sites for hydroxylation is 1. The van der Waals surface area contributed by atoms with E-state index in [2.05, 4.69) is 17.1 Å². The average molecular weight is 227 g/mol. The van der Waals surface area contributed by atoms with Crippen LogP contribution in [-0.2, 0) is 13.0 Å². The fourth-order valence-electron chi connectivity index (χ4n) is 1.09. The second-order valence-electron chi connectivity index (χ2n) is 2.52. The Kier molecular flexibility index (Phi) is 8.10. The zero-order valence-corrected chi connectivity index (χ0v) is 9.17. The number of nitrogens with one attached hydrogen (secondary N) is 1. The van der Waals surface area contributed by atoms with E-state index >= 15 is 0 Å². The van der Waals surface area contributed by atoms with Crippen molar-refractivity contribution >= 4 is 30.6 Å². The Morgan fingerprint density at radius 3 is 2.46 bits per heavy atom. The summed E-state index contributed by atoms with van der Waals surface area (Å²) in [5, 5.41) is 6.77. The molecule has 0 saturated carbocycles. The van der Waals surface area contributed by atoms with Gasteiger partial charge in [0.2, 0.25) is 0 Å². The fourth-order valence-corrected chi connectivity index (χ4v) is 1.09. The Bertz CT molecular complexity index is 236. The van der Waals surface area contributed by atoms with Gasteiger partial charge in [-0.3, -0.25) is 5.10 Å². The number of nitrogens with zero attached hydrogens (tertiary/aromatic N) is 1. The first-order chi connectivity index (χ1) is 5.29. The smallest absolute Gasteiger partial charge is 0.123 e. The molecule has 0 aromatic carbocycles. The van der Waals surface area contributed by atoms with Crippen molar-refractivity contribution in [2.75, 3.05) is 5.73 Å². The molecule has 0 aliphatic rings. The molecule has 0 unspecified atom stereocenters. The molecule has 0 radical (unpaired) electrons. The molecule has 6 heteroatoms. The number of nitrogen functional groups attached to an aromatic ring is 1. The zero-order valence-electron chi connectivity index (χ0n) is 7.54. The first-order valence-electron chi connectivity index (χ1n) is 3.81. The third kappa shape index (κ3) is 3.42. The maximum Gasteiger partial charge on any atom is 0.123 e. The van der Waals surface area contributed by atoms with Crippen LogP contribution in [0.15, 0.2) is 0 Å². The lowest BCUT2D eigenvalue weighted by Gasteiger charge is -1.96. The first kappa shape index (κ1) is 15.0. The highest BCUT2D eigenvalue weighted by atomic mass is 35.5. The Hall–Kier alpha value is -0.450. The van der Waals surface area contributed by atoms with Crippen LogP contribution in [0.4, 0.5) is 5.82 Å². The number of aromatic amines is 1. The summed E-state index contributed by atoms with van der Waals surface area (Å²) in [4.78, 5) is 0. The Balaban J connectivity index is 0. The summed E-state index contributed by atoms with van der Waals surface area (Å²) in [5.74, 6) is 0.607. The molecule has 13 heavy (non-hydrogen) atoms. The lowest BCUT2D eigenvalue weighted by molar-refractivity contribution is 0.851. The van der Waals surface area contributed by atoms with E-state index in [0.29, 0.717) is 12.4 Å². The SMILES string of the molecule is CCCc1n[nH]c(N)c1CN.Cl.Cl. The molecule has 78 valence electrons. The number of aromatic nitrogens is 2. The molecule has 0 fully saturated rings. The molecule has 5 N–H and O–H groups in total. The zero-order chi connectivity index (χ0) is 8.27. The van der Waals surface area contributed by atoms with Gasteiger partial charge >= 0.3 is 0 Å². The standard InChI is InChI=1S/C7H14N4.2ClH/c1-2-3-6-5(4-8)7(9)11-10-6;;/h2-4,8H2,1H3,(H3,9,10,11);2*1H. The van der Waals surface area contributed by atoms with Gasteiger partial charge in [-0.15, -0.1) is 24.8 Å². The molecule has 1 aromatic heterocycles. The molecule has 0 saturated heterocycles. The minimum atomic E-state index is 0. The molecule has 0 aliphatic carbocycles. The Labute approximate surface area is 90.3 Å². The van der Waals surface area contributed by atoms with Gasteiger partial charge in [-0.25, -0.2) is 0 Å². The van der Waals surface area contributed by atoms with Crippen molar-refractivity contribution in [2.45, 2.75) is 26.3 Å². The summed E-state index contributed by atoms with van der Waals surface area (Å²) in [6.45, 7) is 2.57.